The highest BCUT2D eigenvalue weighted by Crippen LogP contribution is 2.37. The van der Waals surface area contributed by atoms with Crippen LogP contribution in [0.4, 0.5) is 22.0 Å². The van der Waals surface area contributed by atoms with E-state index in [9.17, 15) is 30.4 Å². The molecule has 0 saturated heterocycles. The average Bonchev–Trinajstić information content (AvgIpc) is 2.41. The van der Waals surface area contributed by atoms with Crippen LogP contribution in [-0.4, -0.2) is 8.42 Å². The van der Waals surface area contributed by atoms with Crippen LogP contribution in [0.25, 0.3) is 0 Å². The van der Waals surface area contributed by atoms with Crippen molar-refractivity contribution in [3.63, 3.8) is 0 Å². The van der Waals surface area contributed by atoms with Crippen molar-refractivity contribution in [1.29, 1.82) is 0 Å². The van der Waals surface area contributed by atoms with Gasteiger partial charge in [0, 0.05) is 0 Å². The number of hydrogen-bond donors (Lipinski definition) is 0. The summed E-state index contributed by atoms with van der Waals surface area (Å²) in [4.78, 5) is -0.499. The van der Waals surface area contributed by atoms with Crippen LogP contribution >= 0.6 is 0 Å². The summed E-state index contributed by atoms with van der Waals surface area (Å²) >= 11 is 0. The maximum Gasteiger partial charge on any atom is 0.400 e. The third-order valence-corrected chi connectivity index (χ3v) is 4.99. The Labute approximate surface area is 141 Å². The van der Waals surface area contributed by atoms with E-state index in [1.807, 2.05) is 0 Å². The summed E-state index contributed by atoms with van der Waals surface area (Å²) in [5.74, 6) is -6.07. The average molecular weight is 380 g/mol. The quantitative estimate of drug-likeness (QED) is 0.446. The highest BCUT2D eigenvalue weighted by Gasteiger charge is 2.43. The number of aryl methyl sites for hydroxylation is 3. The van der Waals surface area contributed by atoms with Crippen molar-refractivity contribution in [2.75, 3.05) is 0 Å². The van der Waals surface area contributed by atoms with Crippen LogP contribution in [0.15, 0.2) is 29.2 Å². The Morgan fingerprint density at radius 3 is 1.96 bits per heavy atom. The summed E-state index contributed by atoms with van der Waals surface area (Å²) in [6, 6.07) is 3.36. The van der Waals surface area contributed by atoms with Gasteiger partial charge in [0.1, 0.15) is 4.90 Å². The molecular formula is C16H13F5O3S. The second-order valence-electron chi connectivity index (χ2n) is 5.50. The van der Waals surface area contributed by atoms with Gasteiger partial charge in [0.05, 0.1) is 5.56 Å². The molecule has 25 heavy (non-hydrogen) atoms. The Bertz CT molecular complexity index is 916. The van der Waals surface area contributed by atoms with Gasteiger partial charge >= 0.3 is 16.2 Å². The molecule has 0 aliphatic heterocycles. The van der Waals surface area contributed by atoms with E-state index in [1.165, 1.54) is 26.0 Å². The normalized spacial score (nSPS) is 12.5. The lowest BCUT2D eigenvalue weighted by Crippen LogP contribution is -2.26. The minimum absolute atomic E-state index is 0.152. The highest BCUT2D eigenvalue weighted by atomic mass is 32.2. The maximum atomic E-state index is 14.1. The fourth-order valence-electron chi connectivity index (χ4n) is 2.54. The molecular weight excluding hydrogens is 367 g/mol. The number of benzene rings is 2. The Morgan fingerprint density at radius 2 is 1.44 bits per heavy atom. The minimum Gasteiger partial charge on any atom is -0.204 e. The summed E-state index contributed by atoms with van der Waals surface area (Å²) < 4.78 is 96.2. The maximum absolute atomic E-state index is 14.1. The first-order valence-corrected chi connectivity index (χ1v) is 8.33. The Hall–Kier alpha value is -2.00. The zero-order valence-corrected chi connectivity index (χ0v) is 14.1. The van der Waals surface area contributed by atoms with Crippen LogP contribution in [0.5, 0.6) is 0 Å². The van der Waals surface area contributed by atoms with Crippen LogP contribution in [0.3, 0.4) is 0 Å². The summed E-state index contributed by atoms with van der Waals surface area (Å²) in [7, 11) is -5.02. The number of hydrogen-bond acceptors (Lipinski definition) is 3. The largest absolute Gasteiger partial charge is 0.400 e. The van der Waals surface area contributed by atoms with E-state index in [-0.39, 0.29) is 23.3 Å². The molecule has 0 aliphatic carbocycles. The van der Waals surface area contributed by atoms with Gasteiger partial charge in [-0.25, -0.2) is 13.2 Å². The predicted molar refractivity (Wildman–Crippen MR) is 79.1 cm³/mol. The Morgan fingerprint density at radius 1 is 0.920 bits per heavy atom. The molecule has 0 radical (unpaired) electrons. The van der Waals surface area contributed by atoms with Gasteiger partial charge in [-0.05, 0) is 44.0 Å². The number of halogens is 5. The molecule has 0 spiro atoms. The predicted octanol–water partition coefficient (Wildman–Crippen LogP) is 4.48. The lowest BCUT2D eigenvalue weighted by Gasteiger charge is -2.19. The summed E-state index contributed by atoms with van der Waals surface area (Å²) in [6.07, 6.45) is -4.73. The monoisotopic (exact) mass is 380 g/mol. The first kappa shape index (κ1) is 19.3. The molecule has 0 aromatic heterocycles. The molecule has 0 bridgehead atoms. The van der Waals surface area contributed by atoms with E-state index < -0.39 is 44.1 Å². The highest BCUT2D eigenvalue weighted by molar-refractivity contribution is 7.86. The smallest absolute Gasteiger partial charge is 0.204 e. The van der Waals surface area contributed by atoms with Crippen LogP contribution in [0, 0.1) is 38.2 Å². The van der Waals surface area contributed by atoms with Gasteiger partial charge in [0.25, 0.3) is 0 Å². The van der Waals surface area contributed by atoms with Gasteiger partial charge < -0.3 is 0 Å². The zero-order chi connectivity index (χ0) is 19.2. The van der Waals surface area contributed by atoms with Crippen LogP contribution in [0.1, 0.15) is 22.3 Å². The van der Waals surface area contributed by atoms with Gasteiger partial charge in [-0.3, -0.25) is 0 Å². The van der Waals surface area contributed by atoms with Crippen molar-refractivity contribution < 1.29 is 34.6 Å². The standard InChI is InChI=1S/C16H13F5O3S/c1-8-6-9(2)15(10(3)7-8)25(22,23)24-16(20,21)11-4-5-12(17)14(19)13(11)18/h4-7H,1-3H3. The molecule has 0 unspecified atom stereocenters. The summed E-state index contributed by atoms with van der Waals surface area (Å²) in [5.41, 5.74) is -0.720. The molecule has 3 nitrogen and oxygen atoms in total. The molecule has 2 rings (SSSR count). The molecule has 9 heteroatoms. The molecule has 0 fully saturated rings. The van der Waals surface area contributed by atoms with Gasteiger partial charge in [-0.15, -0.1) is 0 Å². The van der Waals surface area contributed by atoms with Crippen LogP contribution in [-0.2, 0) is 20.4 Å². The fraction of sp³-hybridized carbons (Fsp3) is 0.250. The molecule has 0 amide bonds. The van der Waals surface area contributed by atoms with Crippen molar-refractivity contribution in [2.45, 2.75) is 31.8 Å². The second-order valence-corrected chi connectivity index (χ2v) is 6.99. The fourth-order valence-corrected chi connectivity index (χ4v) is 3.89. The van der Waals surface area contributed by atoms with Crippen LogP contribution < -0.4 is 0 Å². The van der Waals surface area contributed by atoms with E-state index in [0.29, 0.717) is 5.56 Å². The lowest BCUT2D eigenvalue weighted by molar-refractivity contribution is -0.184. The summed E-state index contributed by atoms with van der Waals surface area (Å²) in [5, 5.41) is 0. The third-order valence-electron chi connectivity index (χ3n) is 3.42. The molecule has 0 N–H and O–H groups in total. The minimum atomic E-state index is -5.02. The van der Waals surface area contributed by atoms with Crippen molar-refractivity contribution in [3.05, 3.63) is 64.0 Å². The van der Waals surface area contributed by atoms with Gasteiger partial charge in [-0.1, -0.05) is 17.7 Å². The van der Waals surface area contributed by atoms with E-state index in [0.717, 1.165) is 0 Å². The third kappa shape index (κ3) is 3.67. The number of rotatable bonds is 4. The zero-order valence-electron chi connectivity index (χ0n) is 13.3. The van der Waals surface area contributed by atoms with Gasteiger partial charge in [0.15, 0.2) is 17.5 Å². The Balaban J connectivity index is 2.52. The summed E-state index contributed by atoms with van der Waals surface area (Å²) in [6.45, 7) is 4.45. The molecule has 0 saturated carbocycles. The Kier molecular flexibility index (Phi) is 4.93. The number of alkyl halides is 2. The van der Waals surface area contributed by atoms with Crippen molar-refractivity contribution in [3.8, 4) is 0 Å². The molecule has 136 valence electrons. The molecule has 2 aromatic carbocycles. The topological polar surface area (TPSA) is 43.4 Å². The van der Waals surface area contributed by atoms with Gasteiger partial charge in [-0.2, -0.15) is 21.4 Å². The SMILES string of the molecule is Cc1cc(C)c(S(=O)(=O)OC(F)(F)c2ccc(F)c(F)c2F)c(C)c1. The van der Waals surface area contributed by atoms with E-state index in [4.69, 9.17) is 0 Å². The lowest BCUT2D eigenvalue weighted by atomic mass is 10.1. The van der Waals surface area contributed by atoms with E-state index in [1.54, 1.807) is 6.92 Å². The molecule has 2 aromatic rings. The first-order valence-electron chi connectivity index (χ1n) is 6.92. The van der Waals surface area contributed by atoms with E-state index in [2.05, 4.69) is 4.18 Å². The molecule has 0 atom stereocenters. The van der Waals surface area contributed by atoms with E-state index >= 15 is 0 Å². The van der Waals surface area contributed by atoms with Crippen molar-refractivity contribution in [2.24, 2.45) is 0 Å². The molecule has 0 heterocycles. The van der Waals surface area contributed by atoms with Gasteiger partial charge in [0.2, 0.25) is 0 Å². The van der Waals surface area contributed by atoms with Crippen molar-refractivity contribution >= 4 is 10.1 Å². The second kappa shape index (κ2) is 6.38. The molecule has 0 aliphatic rings. The van der Waals surface area contributed by atoms with Crippen molar-refractivity contribution in [1.82, 2.24) is 0 Å². The van der Waals surface area contributed by atoms with Crippen LogP contribution in [0.2, 0.25) is 0 Å². The first-order chi connectivity index (χ1) is 11.4.